The number of halogens is 2. The first-order valence-corrected chi connectivity index (χ1v) is 8.72. The number of rotatable bonds is 6. The van der Waals surface area contributed by atoms with Gasteiger partial charge in [0.15, 0.2) is 5.96 Å². The first-order valence-electron chi connectivity index (χ1n) is 8.72. The van der Waals surface area contributed by atoms with Crippen molar-refractivity contribution >= 4 is 29.9 Å². The summed E-state index contributed by atoms with van der Waals surface area (Å²) in [5.74, 6) is 0.552. The average Bonchev–Trinajstić information content (AvgIpc) is 2.59. The third-order valence-electron chi connectivity index (χ3n) is 4.04. The van der Waals surface area contributed by atoms with Gasteiger partial charge < -0.3 is 10.6 Å². The first-order chi connectivity index (χ1) is 12.0. The molecule has 4 nitrogen and oxygen atoms in total. The maximum atomic E-state index is 13.8. The average molecular weight is 470 g/mol. The molecule has 142 valence electrons. The Balaban J connectivity index is 0.00000338. The van der Waals surface area contributed by atoms with Gasteiger partial charge in [0.2, 0.25) is 0 Å². The summed E-state index contributed by atoms with van der Waals surface area (Å²) in [5, 5.41) is 6.57. The number of pyridine rings is 1. The lowest BCUT2D eigenvalue weighted by molar-refractivity contribution is 0.607. The third kappa shape index (κ3) is 6.90. The first kappa shape index (κ1) is 22.3. The van der Waals surface area contributed by atoms with Crippen molar-refractivity contribution < 1.29 is 4.39 Å². The smallest absolute Gasteiger partial charge is 0.191 e. The normalized spacial score (nSPS) is 12.3. The molecule has 1 heterocycles. The van der Waals surface area contributed by atoms with Gasteiger partial charge in [0.1, 0.15) is 5.82 Å². The zero-order chi connectivity index (χ0) is 18.2. The molecule has 0 aliphatic rings. The molecule has 0 amide bonds. The Labute approximate surface area is 172 Å². The van der Waals surface area contributed by atoms with Gasteiger partial charge >= 0.3 is 0 Å². The molecule has 0 aliphatic heterocycles. The molecule has 2 rings (SSSR count). The fourth-order valence-corrected chi connectivity index (χ4v) is 2.43. The standard InChI is InChI=1S/C20H27FN4.HI/c1-5-22-20(23-11-10-17-8-7-15(3)24-13-17)25-16(4)18-9-6-14(2)19(21)12-18;/h6-9,12-13,16H,5,10-11H2,1-4H3,(H2,22,23,25);1H. The molecule has 26 heavy (non-hydrogen) atoms. The molecule has 1 atom stereocenters. The van der Waals surface area contributed by atoms with E-state index in [1.807, 2.05) is 39.1 Å². The van der Waals surface area contributed by atoms with Crippen LogP contribution in [0.15, 0.2) is 41.5 Å². The van der Waals surface area contributed by atoms with Crippen LogP contribution in [0.2, 0.25) is 0 Å². The predicted molar refractivity (Wildman–Crippen MR) is 117 cm³/mol. The molecule has 0 bridgehead atoms. The number of nitrogens with zero attached hydrogens (tertiary/aromatic N) is 2. The molecule has 0 radical (unpaired) electrons. The van der Waals surface area contributed by atoms with Gasteiger partial charge in [-0.2, -0.15) is 0 Å². The molecular formula is C20H28FIN4. The monoisotopic (exact) mass is 470 g/mol. The van der Waals surface area contributed by atoms with Gasteiger partial charge in [0.25, 0.3) is 0 Å². The van der Waals surface area contributed by atoms with E-state index in [4.69, 9.17) is 0 Å². The SMILES string of the molecule is CCNC(=NCCc1ccc(C)nc1)NC(C)c1ccc(C)c(F)c1.I. The summed E-state index contributed by atoms with van der Waals surface area (Å²) in [4.78, 5) is 8.91. The van der Waals surface area contributed by atoms with E-state index in [1.54, 1.807) is 19.1 Å². The molecule has 6 heteroatoms. The highest BCUT2D eigenvalue weighted by atomic mass is 127. The largest absolute Gasteiger partial charge is 0.357 e. The van der Waals surface area contributed by atoms with E-state index in [-0.39, 0.29) is 35.8 Å². The van der Waals surface area contributed by atoms with Crippen molar-refractivity contribution in [3.8, 4) is 0 Å². The number of aromatic nitrogens is 1. The van der Waals surface area contributed by atoms with E-state index in [2.05, 4.69) is 26.7 Å². The van der Waals surface area contributed by atoms with E-state index >= 15 is 0 Å². The van der Waals surface area contributed by atoms with Crippen molar-refractivity contribution in [3.63, 3.8) is 0 Å². The Bertz CT molecular complexity index is 716. The van der Waals surface area contributed by atoms with E-state index in [1.165, 1.54) is 5.56 Å². The third-order valence-corrected chi connectivity index (χ3v) is 4.04. The number of nitrogens with one attached hydrogen (secondary N) is 2. The molecule has 0 saturated carbocycles. The van der Waals surface area contributed by atoms with Crippen LogP contribution in [0, 0.1) is 19.7 Å². The molecule has 1 unspecified atom stereocenters. The molecule has 1 aromatic carbocycles. The van der Waals surface area contributed by atoms with Gasteiger partial charge in [-0.15, -0.1) is 24.0 Å². The fraction of sp³-hybridized carbons (Fsp3) is 0.400. The number of hydrogen-bond donors (Lipinski definition) is 2. The minimum atomic E-state index is -0.181. The Morgan fingerprint density at radius 1 is 1.23 bits per heavy atom. The number of aryl methyl sites for hydroxylation is 2. The molecule has 0 saturated heterocycles. The lowest BCUT2D eigenvalue weighted by Gasteiger charge is -2.18. The van der Waals surface area contributed by atoms with Crippen LogP contribution in [-0.4, -0.2) is 24.0 Å². The highest BCUT2D eigenvalue weighted by Gasteiger charge is 2.09. The quantitative estimate of drug-likeness (QED) is 0.376. The molecular weight excluding hydrogens is 442 g/mol. The van der Waals surface area contributed by atoms with Gasteiger partial charge in [0.05, 0.1) is 6.04 Å². The Hall–Kier alpha value is -1.70. The molecule has 1 aromatic heterocycles. The lowest BCUT2D eigenvalue weighted by atomic mass is 10.1. The highest BCUT2D eigenvalue weighted by Crippen LogP contribution is 2.16. The maximum absolute atomic E-state index is 13.8. The molecule has 0 spiro atoms. The van der Waals surface area contributed by atoms with Gasteiger partial charge in [-0.05, 0) is 62.9 Å². The van der Waals surface area contributed by atoms with Crippen molar-refractivity contribution in [2.75, 3.05) is 13.1 Å². The van der Waals surface area contributed by atoms with E-state index in [9.17, 15) is 4.39 Å². The van der Waals surface area contributed by atoms with Crippen LogP contribution in [0.25, 0.3) is 0 Å². The molecule has 0 fully saturated rings. The van der Waals surface area contributed by atoms with Crippen molar-refractivity contribution in [2.24, 2.45) is 4.99 Å². The number of aliphatic imine (C=N–C) groups is 1. The van der Waals surface area contributed by atoms with E-state index < -0.39 is 0 Å². The van der Waals surface area contributed by atoms with Crippen LogP contribution in [0.5, 0.6) is 0 Å². The number of hydrogen-bond acceptors (Lipinski definition) is 2. The van der Waals surface area contributed by atoms with Gasteiger partial charge in [0, 0.05) is 25.0 Å². The summed E-state index contributed by atoms with van der Waals surface area (Å²) in [5.41, 5.74) is 3.74. The zero-order valence-corrected chi connectivity index (χ0v) is 18.2. The fourth-order valence-electron chi connectivity index (χ4n) is 2.43. The minimum absolute atomic E-state index is 0. The zero-order valence-electron chi connectivity index (χ0n) is 15.8. The second-order valence-corrected chi connectivity index (χ2v) is 6.19. The second-order valence-electron chi connectivity index (χ2n) is 6.19. The van der Waals surface area contributed by atoms with Crippen LogP contribution >= 0.6 is 24.0 Å². The highest BCUT2D eigenvalue weighted by molar-refractivity contribution is 14.0. The van der Waals surface area contributed by atoms with Gasteiger partial charge in [-0.1, -0.05) is 18.2 Å². The summed E-state index contributed by atoms with van der Waals surface area (Å²) in [6, 6.07) is 9.38. The van der Waals surface area contributed by atoms with Gasteiger partial charge in [-0.25, -0.2) is 4.39 Å². The summed E-state index contributed by atoms with van der Waals surface area (Å²) in [6.45, 7) is 9.20. The van der Waals surface area contributed by atoms with Crippen molar-refractivity contribution in [3.05, 3.63) is 64.7 Å². The van der Waals surface area contributed by atoms with Crippen LogP contribution < -0.4 is 10.6 Å². The van der Waals surface area contributed by atoms with E-state index in [0.29, 0.717) is 12.1 Å². The summed E-state index contributed by atoms with van der Waals surface area (Å²) < 4.78 is 13.8. The minimum Gasteiger partial charge on any atom is -0.357 e. The van der Waals surface area contributed by atoms with Crippen LogP contribution in [-0.2, 0) is 6.42 Å². The van der Waals surface area contributed by atoms with Crippen LogP contribution in [0.1, 0.15) is 42.3 Å². The van der Waals surface area contributed by atoms with Crippen molar-refractivity contribution in [2.45, 2.75) is 40.2 Å². The predicted octanol–water partition coefficient (Wildman–Crippen LogP) is 4.31. The Morgan fingerprint density at radius 2 is 2.00 bits per heavy atom. The second kappa shape index (κ2) is 11.1. The molecule has 2 N–H and O–H groups in total. The van der Waals surface area contributed by atoms with Crippen LogP contribution in [0.4, 0.5) is 4.39 Å². The maximum Gasteiger partial charge on any atom is 0.191 e. The number of guanidine groups is 1. The Kier molecular flexibility index (Phi) is 9.54. The Morgan fingerprint density at radius 3 is 2.62 bits per heavy atom. The molecule has 0 aliphatic carbocycles. The topological polar surface area (TPSA) is 49.3 Å². The number of benzene rings is 1. The summed E-state index contributed by atoms with van der Waals surface area (Å²) >= 11 is 0. The summed E-state index contributed by atoms with van der Waals surface area (Å²) in [7, 11) is 0. The van der Waals surface area contributed by atoms with Crippen molar-refractivity contribution in [1.82, 2.24) is 15.6 Å². The van der Waals surface area contributed by atoms with Crippen LogP contribution in [0.3, 0.4) is 0 Å². The van der Waals surface area contributed by atoms with Crippen molar-refractivity contribution in [1.29, 1.82) is 0 Å². The van der Waals surface area contributed by atoms with Gasteiger partial charge in [-0.3, -0.25) is 9.98 Å². The molecule has 2 aromatic rings. The van der Waals surface area contributed by atoms with E-state index in [0.717, 1.165) is 30.2 Å². The summed E-state index contributed by atoms with van der Waals surface area (Å²) in [6.07, 6.45) is 2.72. The lowest BCUT2D eigenvalue weighted by Crippen LogP contribution is -2.38.